The number of hydrogen-bond acceptors (Lipinski definition) is 3. The largest absolute Gasteiger partial charge is 0.296 e. The standard InChI is InChI=1S/C13H14BrN3O/c1-13(2,3)12-11(8-18)15-16-17(12)10-6-4-9(14)5-7-10/h4-8H,1-3H3. The number of halogens is 1. The Kier molecular flexibility index (Phi) is 3.34. The molecule has 0 saturated heterocycles. The van der Waals surface area contributed by atoms with Crippen LogP contribution in [0.15, 0.2) is 28.7 Å². The van der Waals surface area contributed by atoms with Crippen molar-refractivity contribution in [3.8, 4) is 5.69 Å². The number of nitrogens with zero attached hydrogens (tertiary/aromatic N) is 3. The van der Waals surface area contributed by atoms with Crippen molar-refractivity contribution >= 4 is 22.2 Å². The van der Waals surface area contributed by atoms with Crippen LogP contribution < -0.4 is 0 Å². The van der Waals surface area contributed by atoms with Gasteiger partial charge in [0.05, 0.1) is 11.4 Å². The highest BCUT2D eigenvalue weighted by Gasteiger charge is 2.25. The molecule has 5 heteroatoms. The molecule has 1 aromatic heterocycles. The van der Waals surface area contributed by atoms with Crippen LogP contribution in [0, 0.1) is 0 Å². The van der Waals surface area contributed by atoms with Crippen LogP contribution in [0.3, 0.4) is 0 Å². The van der Waals surface area contributed by atoms with Crippen LogP contribution in [-0.2, 0) is 5.41 Å². The molecule has 0 bridgehead atoms. The maximum absolute atomic E-state index is 11.0. The number of carbonyl (C=O) groups excluding carboxylic acids is 1. The Morgan fingerprint density at radius 2 is 1.83 bits per heavy atom. The molecule has 0 spiro atoms. The summed E-state index contributed by atoms with van der Waals surface area (Å²) in [4.78, 5) is 11.0. The van der Waals surface area contributed by atoms with Gasteiger partial charge >= 0.3 is 0 Å². The van der Waals surface area contributed by atoms with E-state index in [1.54, 1.807) is 4.68 Å². The van der Waals surface area contributed by atoms with Gasteiger partial charge in [-0.25, -0.2) is 4.68 Å². The van der Waals surface area contributed by atoms with E-state index in [1.165, 1.54) is 0 Å². The fraction of sp³-hybridized carbons (Fsp3) is 0.308. The summed E-state index contributed by atoms with van der Waals surface area (Å²) in [7, 11) is 0. The van der Waals surface area contributed by atoms with Gasteiger partial charge in [0.2, 0.25) is 0 Å². The molecule has 2 rings (SSSR count). The first kappa shape index (κ1) is 13.0. The van der Waals surface area contributed by atoms with E-state index in [0.717, 1.165) is 22.1 Å². The van der Waals surface area contributed by atoms with Gasteiger partial charge in [-0.05, 0) is 24.3 Å². The highest BCUT2D eigenvalue weighted by Crippen LogP contribution is 2.26. The normalized spacial score (nSPS) is 11.6. The van der Waals surface area contributed by atoms with Gasteiger partial charge in [0.15, 0.2) is 6.29 Å². The third-order valence-corrected chi connectivity index (χ3v) is 3.12. The minimum Gasteiger partial charge on any atom is -0.296 e. The average molecular weight is 308 g/mol. The highest BCUT2D eigenvalue weighted by molar-refractivity contribution is 9.10. The van der Waals surface area contributed by atoms with Gasteiger partial charge in [-0.3, -0.25) is 4.79 Å². The first-order valence-corrected chi connectivity index (χ1v) is 6.40. The number of hydrogen-bond donors (Lipinski definition) is 0. The lowest BCUT2D eigenvalue weighted by atomic mass is 9.90. The number of aldehydes is 1. The summed E-state index contributed by atoms with van der Waals surface area (Å²) in [5, 5.41) is 8.01. The molecule has 0 saturated carbocycles. The summed E-state index contributed by atoms with van der Waals surface area (Å²) in [5.41, 5.74) is 1.90. The number of benzene rings is 1. The van der Waals surface area contributed by atoms with Gasteiger partial charge in [-0.2, -0.15) is 0 Å². The maximum atomic E-state index is 11.0. The van der Waals surface area contributed by atoms with Crippen LogP contribution in [0.25, 0.3) is 5.69 Å². The van der Waals surface area contributed by atoms with Crippen molar-refractivity contribution in [1.82, 2.24) is 15.0 Å². The first-order valence-electron chi connectivity index (χ1n) is 5.61. The second-order valence-electron chi connectivity index (χ2n) is 5.08. The van der Waals surface area contributed by atoms with E-state index in [0.29, 0.717) is 5.69 Å². The molecule has 0 aliphatic carbocycles. The van der Waals surface area contributed by atoms with E-state index >= 15 is 0 Å². The maximum Gasteiger partial charge on any atom is 0.172 e. The average Bonchev–Trinajstić information content (AvgIpc) is 2.73. The Hall–Kier alpha value is -1.49. The topological polar surface area (TPSA) is 47.8 Å². The van der Waals surface area contributed by atoms with E-state index in [4.69, 9.17) is 0 Å². The molecule has 0 fully saturated rings. The monoisotopic (exact) mass is 307 g/mol. The second-order valence-corrected chi connectivity index (χ2v) is 6.00. The lowest BCUT2D eigenvalue weighted by Gasteiger charge is -2.20. The van der Waals surface area contributed by atoms with Crippen LogP contribution in [0.4, 0.5) is 0 Å². The van der Waals surface area contributed by atoms with Crippen LogP contribution in [0.5, 0.6) is 0 Å². The third-order valence-electron chi connectivity index (χ3n) is 2.59. The van der Waals surface area contributed by atoms with Crippen LogP contribution in [-0.4, -0.2) is 21.3 Å². The Morgan fingerprint density at radius 1 is 1.22 bits per heavy atom. The predicted molar refractivity (Wildman–Crippen MR) is 73.1 cm³/mol. The molecule has 0 atom stereocenters. The molecular formula is C13H14BrN3O. The molecule has 1 aromatic carbocycles. The van der Waals surface area contributed by atoms with Gasteiger partial charge in [0.1, 0.15) is 5.69 Å². The van der Waals surface area contributed by atoms with Crippen LogP contribution in [0.1, 0.15) is 37.0 Å². The first-order chi connectivity index (χ1) is 8.43. The summed E-state index contributed by atoms with van der Waals surface area (Å²) in [5.74, 6) is 0. The zero-order chi connectivity index (χ0) is 13.3. The lowest BCUT2D eigenvalue weighted by Crippen LogP contribution is -2.19. The second kappa shape index (κ2) is 4.65. The number of aromatic nitrogens is 3. The summed E-state index contributed by atoms with van der Waals surface area (Å²) < 4.78 is 2.72. The van der Waals surface area contributed by atoms with Gasteiger partial charge in [0.25, 0.3) is 0 Å². The van der Waals surface area contributed by atoms with Crippen molar-refractivity contribution in [2.45, 2.75) is 26.2 Å². The minimum atomic E-state index is -0.202. The van der Waals surface area contributed by atoms with Crippen LogP contribution >= 0.6 is 15.9 Å². The van der Waals surface area contributed by atoms with E-state index in [9.17, 15) is 4.79 Å². The fourth-order valence-corrected chi connectivity index (χ4v) is 2.10. The predicted octanol–water partition coefficient (Wildman–Crippen LogP) is 3.14. The lowest BCUT2D eigenvalue weighted by molar-refractivity contribution is 0.111. The van der Waals surface area contributed by atoms with Gasteiger partial charge in [-0.15, -0.1) is 5.10 Å². The molecule has 18 heavy (non-hydrogen) atoms. The molecule has 4 nitrogen and oxygen atoms in total. The summed E-state index contributed by atoms with van der Waals surface area (Å²) in [6.07, 6.45) is 0.753. The van der Waals surface area contributed by atoms with Crippen molar-refractivity contribution in [2.75, 3.05) is 0 Å². The van der Waals surface area contributed by atoms with Crippen molar-refractivity contribution in [2.24, 2.45) is 0 Å². The number of carbonyl (C=O) groups is 1. The summed E-state index contributed by atoms with van der Waals surface area (Å²) >= 11 is 3.39. The molecular weight excluding hydrogens is 294 g/mol. The summed E-state index contributed by atoms with van der Waals surface area (Å²) in [6, 6.07) is 7.74. The van der Waals surface area contributed by atoms with Crippen molar-refractivity contribution in [3.05, 3.63) is 40.1 Å². The molecule has 2 aromatic rings. The highest BCUT2D eigenvalue weighted by atomic mass is 79.9. The molecule has 1 heterocycles. The van der Waals surface area contributed by atoms with Gasteiger partial charge in [0, 0.05) is 9.89 Å². The molecule has 0 radical (unpaired) electrons. The van der Waals surface area contributed by atoms with Crippen molar-refractivity contribution in [3.63, 3.8) is 0 Å². The zero-order valence-corrected chi connectivity index (χ0v) is 12.1. The Bertz CT molecular complexity index is 567. The zero-order valence-electron chi connectivity index (χ0n) is 10.5. The SMILES string of the molecule is CC(C)(C)c1c(C=O)nnn1-c1ccc(Br)cc1. The van der Waals surface area contributed by atoms with Crippen molar-refractivity contribution in [1.29, 1.82) is 0 Å². The fourth-order valence-electron chi connectivity index (χ4n) is 1.84. The molecule has 0 aliphatic rings. The Morgan fingerprint density at radius 3 is 2.33 bits per heavy atom. The Balaban J connectivity index is 2.61. The quantitative estimate of drug-likeness (QED) is 0.801. The molecule has 0 unspecified atom stereocenters. The van der Waals surface area contributed by atoms with E-state index in [2.05, 4.69) is 26.2 Å². The summed E-state index contributed by atoms with van der Waals surface area (Å²) in [6.45, 7) is 6.11. The van der Waals surface area contributed by atoms with Crippen molar-refractivity contribution < 1.29 is 4.79 Å². The van der Waals surface area contributed by atoms with E-state index in [-0.39, 0.29) is 5.41 Å². The molecule has 0 aliphatic heterocycles. The van der Waals surface area contributed by atoms with Gasteiger partial charge < -0.3 is 0 Å². The third kappa shape index (κ3) is 2.36. The van der Waals surface area contributed by atoms with E-state index in [1.807, 2.05) is 45.0 Å². The van der Waals surface area contributed by atoms with Crippen LogP contribution in [0.2, 0.25) is 0 Å². The number of rotatable bonds is 2. The Labute approximate surface area is 114 Å². The minimum absolute atomic E-state index is 0.202. The molecule has 0 N–H and O–H groups in total. The molecule has 0 amide bonds. The smallest absolute Gasteiger partial charge is 0.172 e. The van der Waals surface area contributed by atoms with Gasteiger partial charge in [-0.1, -0.05) is 41.9 Å². The molecule has 94 valence electrons. The van der Waals surface area contributed by atoms with E-state index < -0.39 is 0 Å².